The molecule has 2 aliphatic heterocycles. The molecule has 1 fully saturated rings. The van der Waals surface area contributed by atoms with Crippen molar-refractivity contribution in [2.45, 2.75) is 25.8 Å². The van der Waals surface area contributed by atoms with Crippen LogP contribution in [0.1, 0.15) is 24.0 Å². The number of carbonyl (C=O) groups excluding carboxylic acids is 1. The van der Waals surface area contributed by atoms with Crippen LogP contribution in [0.5, 0.6) is 5.75 Å². The van der Waals surface area contributed by atoms with E-state index in [-0.39, 0.29) is 5.91 Å². The number of benzene rings is 2. The lowest BCUT2D eigenvalue weighted by atomic mass is 9.96. The number of nitrogens with one attached hydrogen (secondary N) is 1. The second-order valence-corrected chi connectivity index (χ2v) is 8.17. The monoisotopic (exact) mass is 393 g/mol. The molecule has 2 aromatic rings. The van der Waals surface area contributed by atoms with Crippen LogP contribution < -0.4 is 15.0 Å². The first-order valence-corrected chi connectivity index (χ1v) is 10.7. The number of fused-ring (bicyclic) bond motifs is 1. The molecule has 0 aromatic heterocycles. The van der Waals surface area contributed by atoms with Crippen LogP contribution in [0.25, 0.3) is 0 Å². The van der Waals surface area contributed by atoms with Crippen LogP contribution in [0.3, 0.4) is 0 Å². The summed E-state index contributed by atoms with van der Waals surface area (Å²) in [5.41, 5.74) is 4.00. The molecule has 1 amide bonds. The highest BCUT2D eigenvalue weighted by Crippen LogP contribution is 2.30. The average molecular weight is 394 g/mol. The molecule has 0 saturated carbocycles. The first-order valence-electron chi connectivity index (χ1n) is 10.7. The van der Waals surface area contributed by atoms with Gasteiger partial charge >= 0.3 is 0 Å². The van der Waals surface area contributed by atoms with Gasteiger partial charge in [-0.05, 0) is 67.6 Å². The minimum Gasteiger partial charge on any atom is -0.497 e. The SMILES string of the molecule is COc1ccc(CNC(=O)CN2CCC(CN3CCc4ccccc43)CC2)cc1. The van der Waals surface area contributed by atoms with Crippen molar-refractivity contribution in [3.8, 4) is 5.75 Å². The number of carbonyl (C=O) groups is 1. The second-order valence-electron chi connectivity index (χ2n) is 8.17. The largest absolute Gasteiger partial charge is 0.497 e. The number of hydrogen-bond donors (Lipinski definition) is 1. The summed E-state index contributed by atoms with van der Waals surface area (Å²) in [6.45, 7) is 5.37. The molecule has 1 saturated heterocycles. The van der Waals surface area contributed by atoms with Gasteiger partial charge in [-0.15, -0.1) is 0 Å². The summed E-state index contributed by atoms with van der Waals surface area (Å²) >= 11 is 0. The van der Waals surface area contributed by atoms with Crippen molar-refractivity contribution in [2.75, 3.05) is 44.7 Å². The maximum Gasteiger partial charge on any atom is 0.234 e. The zero-order valence-corrected chi connectivity index (χ0v) is 17.3. The number of likely N-dealkylation sites (tertiary alicyclic amines) is 1. The van der Waals surface area contributed by atoms with Gasteiger partial charge < -0.3 is 15.0 Å². The van der Waals surface area contributed by atoms with Crippen molar-refractivity contribution in [3.05, 3.63) is 59.7 Å². The van der Waals surface area contributed by atoms with E-state index in [1.807, 2.05) is 24.3 Å². The molecule has 29 heavy (non-hydrogen) atoms. The maximum atomic E-state index is 12.3. The maximum absolute atomic E-state index is 12.3. The van der Waals surface area contributed by atoms with E-state index in [4.69, 9.17) is 4.74 Å². The van der Waals surface area contributed by atoms with Crippen molar-refractivity contribution >= 4 is 11.6 Å². The van der Waals surface area contributed by atoms with Gasteiger partial charge in [0.05, 0.1) is 13.7 Å². The van der Waals surface area contributed by atoms with Crippen molar-refractivity contribution in [3.63, 3.8) is 0 Å². The molecule has 154 valence electrons. The van der Waals surface area contributed by atoms with E-state index < -0.39 is 0 Å². The van der Waals surface area contributed by atoms with E-state index >= 15 is 0 Å². The fraction of sp³-hybridized carbons (Fsp3) is 0.458. The average Bonchev–Trinajstić information content (AvgIpc) is 3.17. The lowest BCUT2D eigenvalue weighted by Gasteiger charge is -2.34. The Morgan fingerprint density at radius 3 is 2.59 bits per heavy atom. The Kier molecular flexibility index (Phi) is 6.35. The van der Waals surface area contributed by atoms with Crippen LogP contribution in [-0.2, 0) is 17.8 Å². The van der Waals surface area contributed by atoms with E-state index in [2.05, 4.69) is 39.4 Å². The third-order valence-corrected chi connectivity index (χ3v) is 6.19. The van der Waals surface area contributed by atoms with E-state index in [0.717, 1.165) is 43.4 Å². The first kappa shape index (κ1) is 19.8. The Labute approximate surface area is 173 Å². The van der Waals surface area contributed by atoms with E-state index in [0.29, 0.717) is 13.1 Å². The van der Waals surface area contributed by atoms with Crippen molar-refractivity contribution in [1.29, 1.82) is 0 Å². The quantitative estimate of drug-likeness (QED) is 0.785. The summed E-state index contributed by atoms with van der Waals surface area (Å²) in [5, 5.41) is 3.04. The van der Waals surface area contributed by atoms with Crippen LogP contribution >= 0.6 is 0 Å². The summed E-state index contributed by atoms with van der Waals surface area (Å²) in [6.07, 6.45) is 3.51. The number of hydrogen-bond acceptors (Lipinski definition) is 4. The third-order valence-electron chi connectivity index (χ3n) is 6.19. The fourth-order valence-corrected chi connectivity index (χ4v) is 4.44. The molecule has 0 spiro atoms. The van der Waals surface area contributed by atoms with E-state index in [1.165, 1.54) is 30.5 Å². The minimum atomic E-state index is 0.104. The van der Waals surface area contributed by atoms with Gasteiger partial charge in [-0.3, -0.25) is 9.69 Å². The molecule has 0 aliphatic carbocycles. The number of amides is 1. The minimum absolute atomic E-state index is 0.104. The molecule has 2 aliphatic rings. The molecular formula is C24H31N3O2. The van der Waals surface area contributed by atoms with Gasteiger partial charge in [0.15, 0.2) is 0 Å². The van der Waals surface area contributed by atoms with Crippen LogP contribution in [0, 0.1) is 5.92 Å². The molecule has 0 unspecified atom stereocenters. The van der Waals surface area contributed by atoms with Crippen LogP contribution in [-0.4, -0.2) is 50.6 Å². The number of methoxy groups -OCH3 is 1. The van der Waals surface area contributed by atoms with Gasteiger partial charge in [-0.25, -0.2) is 0 Å². The first-order chi connectivity index (χ1) is 14.2. The summed E-state index contributed by atoms with van der Waals surface area (Å²) in [5.74, 6) is 1.66. The highest BCUT2D eigenvalue weighted by Gasteiger charge is 2.25. The topological polar surface area (TPSA) is 44.8 Å². The lowest BCUT2D eigenvalue weighted by Crippen LogP contribution is -2.43. The van der Waals surface area contributed by atoms with E-state index in [9.17, 15) is 4.79 Å². The standard InChI is InChI=1S/C24H31N3O2/c1-29-22-8-6-19(7-9-22)16-25-24(28)18-26-13-10-20(11-14-26)17-27-15-12-21-4-2-3-5-23(21)27/h2-9,20H,10-18H2,1H3,(H,25,28). The third kappa shape index (κ3) is 5.10. The molecule has 0 atom stereocenters. The predicted molar refractivity (Wildman–Crippen MR) is 116 cm³/mol. The highest BCUT2D eigenvalue weighted by atomic mass is 16.5. The summed E-state index contributed by atoms with van der Waals surface area (Å²) < 4.78 is 5.17. The molecule has 5 nitrogen and oxygen atoms in total. The number of nitrogens with zero attached hydrogens (tertiary/aromatic N) is 2. The van der Waals surface area contributed by atoms with Crippen LogP contribution in [0.2, 0.25) is 0 Å². The Morgan fingerprint density at radius 2 is 1.83 bits per heavy atom. The van der Waals surface area contributed by atoms with Crippen molar-refractivity contribution in [1.82, 2.24) is 10.2 Å². The number of anilines is 1. The Morgan fingerprint density at radius 1 is 1.07 bits per heavy atom. The molecule has 2 aromatic carbocycles. The molecule has 5 heteroatoms. The number of para-hydroxylation sites is 1. The fourth-order valence-electron chi connectivity index (χ4n) is 4.44. The Balaban J connectivity index is 1.17. The number of piperidine rings is 1. The van der Waals surface area contributed by atoms with Gasteiger partial charge in [0.2, 0.25) is 5.91 Å². The zero-order valence-electron chi connectivity index (χ0n) is 17.3. The zero-order chi connectivity index (χ0) is 20.1. The number of ether oxygens (including phenoxy) is 1. The van der Waals surface area contributed by atoms with Crippen LogP contribution in [0.4, 0.5) is 5.69 Å². The lowest BCUT2D eigenvalue weighted by molar-refractivity contribution is -0.122. The predicted octanol–water partition coefficient (Wildman–Crippen LogP) is 3.09. The number of rotatable bonds is 7. The summed E-state index contributed by atoms with van der Waals surface area (Å²) in [7, 11) is 1.66. The molecule has 0 bridgehead atoms. The molecule has 2 heterocycles. The Hall–Kier alpha value is -2.53. The van der Waals surface area contributed by atoms with Gasteiger partial charge in [-0.1, -0.05) is 30.3 Å². The molecule has 1 N–H and O–H groups in total. The normalized spacial score (nSPS) is 17.2. The van der Waals surface area contributed by atoms with Crippen molar-refractivity contribution in [2.24, 2.45) is 5.92 Å². The van der Waals surface area contributed by atoms with Crippen LogP contribution in [0.15, 0.2) is 48.5 Å². The van der Waals surface area contributed by atoms with Gasteiger partial charge in [-0.2, -0.15) is 0 Å². The van der Waals surface area contributed by atoms with Crippen molar-refractivity contribution < 1.29 is 9.53 Å². The van der Waals surface area contributed by atoms with Gasteiger partial charge in [0.1, 0.15) is 5.75 Å². The smallest absolute Gasteiger partial charge is 0.234 e. The summed E-state index contributed by atoms with van der Waals surface area (Å²) in [6, 6.07) is 16.6. The summed E-state index contributed by atoms with van der Waals surface area (Å²) in [4.78, 5) is 17.2. The molecule has 4 rings (SSSR count). The van der Waals surface area contributed by atoms with Gasteiger partial charge in [0, 0.05) is 25.3 Å². The highest BCUT2D eigenvalue weighted by molar-refractivity contribution is 5.78. The molecular weight excluding hydrogens is 362 g/mol. The Bertz CT molecular complexity index is 813. The molecule has 0 radical (unpaired) electrons. The second kappa shape index (κ2) is 9.31. The van der Waals surface area contributed by atoms with Gasteiger partial charge in [0.25, 0.3) is 0 Å². The van der Waals surface area contributed by atoms with E-state index in [1.54, 1.807) is 7.11 Å².